The van der Waals surface area contributed by atoms with Crippen LogP contribution in [0.1, 0.15) is 22.9 Å². The number of imidazole rings is 1. The number of fused-ring (bicyclic) bond motifs is 1. The van der Waals surface area contributed by atoms with Crippen LogP contribution in [0.3, 0.4) is 0 Å². The quantitative estimate of drug-likeness (QED) is 0.715. The Labute approximate surface area is 172 Å². The Morgan fingerprint density at radius 3 is 2.78 bits per heavy atom. The highest BCUT2D eigenvalue weighted by molar-refractivity contribution is 5.85. The van der Waals surface area contributed by atoms with Gasteiger partial charge in [-0.1, -0.05) is 24.3 Å². The third-order valence-electron chi connectivity index (χ3n) is 4.87. The minimum absolute atomic E-state index is 0. The van der Waals surface area contributed by atoms with Gasteiger partial charge in [0.1, 0.15) is 11.4 Å². The van der Waals surface area contributed by atoms with E-state index in [1.54, 1.807) is 7.11 Å². The van der Waals surface area contributed by atoms with Gasteiger partial charge >= 0.3 is 0 Å². The smallest absolute Gasteiger partial charge is 0.137 e. The summed E-state index contributed by atoms with van der Waals surface area (Å²) in [5.41, 5.74) is 4.58. The molecule has 0 amide bonds. The number of ether oxygens (including phenoxy) is 1. The molecule has 3 heterocycles. The molecular weight excluding hydrogens is 383 g/mol. The Balaban J connectivity index is 0.00000131. The fourth-order valence-corrected chi connectivity index (χ4v) is 3.62. The third-order valence-corrected chi connectivity index (χ3v) is 4.87. The van der Waals surface area contributed by atoms with Crippen LogP contribution < -0.4 is 10.1 Å². The van der Waals surface area contributed by atoms with Gasteiger partial charge in [-0.2, -0.15) is 0 Å². The first-order chi connectivity index (χ1) is 12.2. The summed E-state index contributed by atoms with van der Waals surface area (Å²) in [5, 5.41) is 3.51. The van der Waals surface area contributed by atoms with E-state index in [2.05, 4.69) is 58.2 Å². The maximum atomic E-state index is 5.58. The molecule has 0 saturated carbocycles. The number of para-hydroxylation sites is 1. The van der Waals surface area contributed by atoms with Crippen LogP contribution in [0, 0.1) is 6.92 Å². The zero-order valence-corrected chi connectivity index (χ0v) is 17.2. The summed E-state index contributed by atoms with van der Waals surface area (Å²) >= 11 is 0. The van der Waals surface area contributed by atoms with E-state index in [1.165, 1.54) is 11.1 Å². The molecule has 1 unspecified atom stereocenters. The molecule has 1 aromatic carbocycles. The first-order valence-electron chi connectivity index (χ1n) is 8.76. The average molecular weight is 409 g/mol. The molecule has 1 aliphatic rings. The lowest BCUT2D eigenvalue weighted by molar-refractivity contribution is 0.149. The normalized spacial score (nSPS) is 17.2. The summed E-state index contributed by atoms with van der Waals surface area (Å²) in [6.07, 6.45) is 4.27. The molecule has 1 fully saturated rings. The second-order valence-corrected chi connectivity index (χ2v) is 6.64. The van der Waals surface area contributed by atoms with Crippen LogP contribution in [0.4, 0.5) is 0 Å². The van der Waals surface area contributed by atoms with Gasteiger partial charge in [0.2, 0.25) is 0 Å². The fraction of sp³-hybridized carbons (Fsp3) is 0.350. The topological polar surface area (TPSA) is 41.8 Å². The van der Waals surface area contributed by atoms with Gasteiger partial charge in [-0.05, 0) is 24.6 Å². The zero-order chi connectivity index (χ0) is 17.2. The molecule has 1 aliphatic heterocycles. The number of aryl methyl sites for hydroxylation is 1. The van der Waals surface area contributed by atoms with E-state index in [4.69, 9.17) is 9.72 Å². The molecule has 2 aromatic heterocycles. The highest BCUT2D eigenvalue weighted by atomic mass is 35.5. The molecule has 4 rings (SSSR count). The van der Waals surface area contributed by atoms with Crippen molar-refractivity contribution in [3.63, 3.8) is 0 Å². The van der Waals surface area contributed by atoms with Crippen LogP contribution >= 0.6 is 24.8 Å². The summed E-state index contributed by atoms with van der Waals surface area (Å²) in [5.74, 6) is 0.951. The summed E-state index contributed by atoms with van der Waals surface area (Å²) in [4.78, 5) is 7.28. The van der Waals surface area contributed by atoms with Crippen molar-refractivity contribution in [3.05, 3.63) is 65.6 Å². The largest absolute Gasteiger partial charge is 0.496 e. The van der Waals surface area contributed by atoms with Crippen LogP contribution in [-0.4, -0.2) is 41.0 Å². The van der Waals surface area contributed by atoms with Crippen molar-refractivity contribution in [2.75, 3.05) is 26.7 Å². The maximum Gasteiger partial charge on any atom is 0.137 e. The number of methoxy groups -OCH3 is 1. The number of hydrogen-bond donors (Lipinski definition) is 1. The molecule has 0 bridgehead atoms. The number of rotatable bonds is 4. The second-order valence-electron chi connectivity index (χ2n) is 6.64. The van der Waals surface area contributed by atoms with Crippen molar-refractivity contribution in [3.8, 4) is 5.75 Å². The first-order valence-corrected chi connectivity index (χ1v) is 8.76. The average Bonchev–Trinajstić information content (AvgIpc) is 3.03. The second kappa shape index (κ2) is 9.42. The molecule has 5 nitrogen and oxygen atoms in total. The molecule has 1 atom stereocenters. The Morgan fingerprint density at radius 2 is 1.96 bits per heavy atom. The van der Waals surface area contributed by atoms with Gasteiger partial charge < -0.3 is 14.5 Å². The summed E-state index contributed by atoms with van der Waals surface area (Å²) in [6.45, 7) is 5.86. The highest BCUT2D eigenvalue weighted by Gasteiger charge is 2.26. The number of aromatic nitrogens is 2. The summed E-state index contributed by atoms with van der Waals surface area (Å²) < 4.78 is 7.70. The fourth-order valence-electron chi connectivity index (χ4n) is 3.62. The predicted octanol–water partition coefficient (Wildman–Crippen LogP) is 3.64. The van der Waals surface area contributed by atoms with Crippen molar-refractivity contribution in [2.45, 2.75) is 19.5 Å². The Bertz CT molecular complexity index is 883. The van der Waals surface area contributed by atoms with Crippen molar-refractivity contribution in [2.24, 2.45) is 0 Å². The number of piperazine rings is 1. The Morgan fingerprint density at radius 1 is 1.15 bits per heavy atom. The Kier molecular flexibility index (Phi) is 7.50. The van der Waals surface area contributed by atoms with E-state index in [9.17, 15) is 0 Å². The molecule has 0 aliphatic carbocycles. The highest BCUT2D eigenvalue weighted by Crippen LogP contribution is 2.31. The third kappa shape index (κ3) is 4.55. The van der Waals surface area contributed by atoms with E-state index in [0.29, 0.717) is 0 Å². The molecule has 0 spiro atoms. The van der Waals surface area contributed by atoms with Crippen LogP contribution in [-0.2, 0) is 6.54 Å². The van der Waals surface area contributed by atoms with Gasteiger partial charge in [0.15, 0.2) is 0 Å². The number of hydrogen-bond acceptors (Lipinski definition) is 4. The number of nitrogens with one attached hydrogen (secondary N) is 1. The molecule has 3 aromatic rings. The molecular formula is C20H26Cl2N4O. The number of benzene rings is 1. The summed E-state index contributed by atoms with van der Waals surface area (Å²) in [7, 11) is 1.74. The van der Waals surface area contributed by atoms with E-state index in [1.807, 2.05) is 12.1 Å². The van der Waals surface area contributed by atoms with Crippen LogP contribution in [0.25, 0.3) is 5.65 Å². The van der Waals surface area contributed by atoms with Crippen molar-refractivity contribution in [1.29, 1.82) is 0 Å². The lowest BCUT2D eigenvalue weighted by atomic mass is 10.0. The van der Waals surface area contributed by atoms with Crippen molar-refractivity contribution >= 4 is 30.5 Å². The van der Waals surface area contributed by atoms with Crippen LogP contribution in [0.15, 0.2) is 48.8 Å². The van der Waals surface area contributed by atoms with E-state index < -0.39 is 0 Å². The minimum atomic E-state index is 0. The van der Waals surface area contributed by atoms with Crippen molar-refractivity contribution in [1.82, 2.24) is 19.6 Å². The van der Waals surface area contributed by atoms with Gasteiger partial charge in [-0.25, -0.2) is 4.98 Å². The lowest BCUT2D eigenvalue weighted by Crippen LogP contribution is -2.45. The van der Waals surface area contributed by atoms with Crippen LogP contribution in [0.2, 0.25) is 0 Å². The molecule has 27 heavy (non-hydrogen) atoms. The maximum absolute atomic E-state index is 5.58. The van der Waals surface area contributed by atoms with Crippen LogP contribution in [0.5, 0.6) is 5.75 Å². The number of pyridine rings is 1. The van der Waals surface area contributed by atoms with Gasteiger partial charge in [0.05, 0.1) is 18.8 Å². The molecule has 1 saturated heterocycles. The van der Waals surface area contributed by atoms with Crippen molar-refractivity contribution < 1.29 is 4.74 Å². The van der Waals surface area contributed by atoms with Gasteiger partial charge in [-0.15, -0.1) is 24.8 Å². The monoisotopic (exact) mass is 408 g/mol. The number of nitrogens with zero attached hydrogens (tertiary/aromatic N) is 3. The molecule has 1 N–H and O–H groups in total. The standard InChI is InChI=1S/C20H24N4O.2ClH/c1-15-7-8-20-22-16(14-24(20)12-15)13-23-10-9-21-11-18(23)17-5-3-4-6-19(17)25-2;;/h3-8,12,14,18,21H,9-11,13H2,1-2H3;2*1H. The van der Waals surface area contributed by atoms with E-state index >= 15 is 0 Å². The van der Waals surface area contributed by atoms with Gasteiger partial charge in [-0.3, -0.25) is 4.90 Å². The number of halogens is 2. The predicted molar refractivity (Wildman–Crippen MR) is 113 cm³/mol. The molecule has 0 radical (unpaired) electrons. The zero-order valence-electron chi connectivity index (χ0n) is 15.6. The minimum Gasteiger partial charge on any atom is -0.496 e. The lowest BCUT2D eigenvalue weighted by Gasteiger charge is -2.36. The van der Waals surface area contributed by atoms with E-state index in [-0.39, 0.29) is 30.9 Å². The molecule has 7 heteroatoms. The van der Waals surface area contributed by atoms with Gasteiger partial charge in [0.25, 0.3) is 0 Å². The van der Waals surface area contributed by atoms with E-state index in [0.717, 1.165) is 43.3 Å². The SMILES string of the molecule is COc1ccccc1C1CNCCN1Cc1cn2cc(C)ccc2n1.Cl.Cl. The molecule has 146 valence electrons. The van der Waals surface area contributed by atoms with Gasteiger partial charge in [0, 0.05) is 44.1 Å². The summed E-state index contributed by atoms with van der Waals surface area (Å²) in [6, 6.07) is 12.8. The Hall–Kier alpha value is -1.79. The first kappa shape index (κ1) is 21.5.